The van der Waals surface area contributed by atoms with Crippen molar-refractivity contribution < 1.29 is 0 Å². The SMILES string of the molecule is C=CCn1c(=O)n([O-])c(=O)n(CC=C)c1=O. The molecule has 1 heterocycles. The maximum absolute atomic E-state index is 11.6. The van der Waals surface area contributed by atoms with Gasteiger partial charge in [-0.05, 0) is 0 Å². The Hall–Kier alpha value is -2.31. The largest absolute Gasteiger partial charge is 0.799 e. The van der Waals surface area contributed by atoms with E-state index in [1.165, 1.54) is 12.2 Å². The molecule has 0 aliphatic carbocycles. The molecule has 1 aromatic rings. The Kier molecular flexibility index (Phi) is 3.29. The van der Waals surface area contributed by atoms with Crippen LogP contribution in [0.25, 0.3) is 0 Å². The lowest BCUT2D eigenvalue weighted by Gasteiger charge is -2.13. The van der Waals surface area contributed by atoms with Crippen molar-refractivity contribution in [3.63, 3.8) is 0 Å². The van der Waals surface area contributed by atoms with Crippen LogP contribution in [0.1, 0.15) is 0 Å². The molecule has 0 N–H and O–H groups in total. The molecule has 7 heteroatoms. The Bertz CT molecular complexity index is 542. The molecule has 1 rings (SSSR count). The van der Waals surface area contributed by atoms with Gasteiger partial charge in [-0.25, -0.2) is 23.5 Å². The first kappa shape index (κ1) is 11.8. The van der Waals surface area contributed by atoms with Crippen molar-refractivity contribution in [2.75, 3.05) is 0 Å². The Balaban J connectivity index is 3.72. The van der Waals surface area contributed by atoms with Gasteiger partial charge >= 0.3 is 17.1 Å². The Labute approximate surface area is 89.8 Å². The molecular formula is C9H10N3O4-. The van der Waals surface area contributed by atoms with E-state index < -0.39 is 17.1 Å². The fraction of sp³-hybridized carbons (Fsp3) is 0.222. The van der Waals surface area contributed by atoms with Crippen molar-refractivity contribution in [1.29, 1.82) is 0 Å². The van der Waals surface area contributed by atoms with Gasteiger partial charge in [-0.2, -0.15) is 0 Å². The van der Waals surface area contributed by atoms with Crippen molar-refractivity contribution in [1.82, 2.24) is 13.9 Å². The quantitative estimate of drug-likeness (QED) is 0.606. The van der Waals surface area contributed by atoms with E-state index in [0.29, 0.717) is 9.13 Å². The maximum Gasteiger partial charge on any atom is 0.336 e. The third-order valence-electron chi connectivity index (χ3n) is 1.89. The van der Waals surface area contributed by atoms with Crippen LogP contribution >= 0.6 is 0 Å². The summed E-state index contributed by atoms with van der Waals surface area (Å²) in [7, 11) is 0. The predicted molar refractivity (Wildman–Crippen MR) is 58.4 cm³/mol. The number of rotatable bonds is 4. The second-order valence-corrected chi connectivity index (χ2v) is 2.94. The van der Waals surface area contributed by atoms with Crippen LogP contribution in [-0.2, 0) is 13.1 Å². The molecule has 0 saturated carbocycles. The summed E-state index contributed by atoms with van der Waals surface area (Å²) in [5.74, 6) is 0. The van der Waals surface area contributed by atoms with Crippen LogP contribution in [0.15, 0.2) is 39.7 Å². The van der Waals surface area contributed by atoms with Gasteiger partial charge in [0.1, 0.15) is 0 Å². The average molecular weight is 224 g/mol. The van der Waals surface area contributed by atoms with E-state index in [0.717, 1.165) is 0 Å². The minimum absolute atomic E-state index is 0.128. The van der Waals surface area contributed by atoms with E-state index in [2.05, 4.69) is 13.2 Å². The molecule has 0 atom stereocenters. The number of aromatic nitrogens is 3. The van der Waals surface area contributed by atoms with Crippen molar-refractivity contribution >= 4 is 0 Å². The molecule has 0 amide bonds. The third kappa shape index (κ3) is 1.74. The normalized spacial score (nSPS) is 10.0. The summed E-state index contributed by atoms with van der Waals surface area (Å²) in [6, 6.07) is 0. The van der Waals surface area contributed by atoms with E-state index >= 15 is 0 Å². The molecule has 0 fully saturated rings. The van der Waals surface area contributed by atoms with E-state index in [1.54, 1.807) is 0 Å². The molecule has 0 aliphatic rings. The van der Waals surface area contributed by atoms with Crippen molar-refractivity contribution in [3.8, 4) is 0 Å². The molecule has 0 radical (unpaired) electrons. The summed E-state index contributed by atoms with van der Waals surface area (Å²) < 4.78 is 0.893. The van der Waals surface area contributed by atoms with Crippen LogP contribution in [0.5, 0.6) is 0 Å². The number of allylic oxidation sites excluding steroid dienone is 2. The van der Waals surface area contributed by atoms with Gasteiger partial charge in [0.05, 0.1) is 13.1 Å². The fourth-order valence-electron chi connectivity index (χ4n) is 1.18. The van der Waals surface area contributed by atoms with Crippen molar-refractivity contribution in [2.45, 2.75) is 13.1 Å². The molecule has 0 unspecified atom stereocenters. The van der Waals surface area contributed by atoms with Gasteiger partial charge in [0, 0.05) is 0 Å². The summed E-state index contributed by atoms with van der Waals surface area (Å²) in [4.78, 5) is 34.2. The smallest absolute Gasteiger partial charge is 0.336 e. The van der Waals surface area contributed by atoms with Crippen LogP contribution < -0.4 is 17.1 Å². The van der Waals surface area contributed by atoms with E-state index in [1.807, 2.05) is 0 Å². The third-order valence-corrected chi connectivity index (χ3v) is 1.89. The summed E-state index contributed by atoms with van der Waals surface area (Å²) in [5.41, 5.74) is -3.24. The standard InChI is InChI=1S/C9H10N3O4/c1-3-5-10-7(13)11(6-4-2)9(15)12(16)8(10)14/h3-4H,1-2,5-6H2/q-1. The molecule has 0 spiro atoms. The van der Waals surface area contributed by atoms with Crippen LogP contribution in [0.3, 0.4) is 0 Å². The summed E-state index contributed by atoms with van der Waals surface area (Å²) in [5, 5.41) is 11.2. The molecule has 86 valence electrons. The molecule has 0 bridgehead atoms. The average Bonchev–Trinajstić information content (AvgIpc) is 2.28. The number of nitrogens with zero attached hydrogens (tertiary/aromatic N) is 3. The van der Waals surface area contributed by atoms with Crippen molar-refractivity contribution in [2.24, 2.45) is 0 Å². The van der Waals surface area contributed by atoms with Crippen LogP contribution in [0.2, 0.25) is 0 Å². The summed E-state index contributed by atoms with van der Waals surface area (Å²) >= 11 is 0. The molecule has 1 aromatic heterocycles. The molecular weight excluding hydrogens is 214 g/mol. The molecule has 16 heavy (non-hydrogen) atoms. The first-order valence-electron chi connectivity index (χ1n) is 4.40. The maximum atomic E-state index is 11.6. The summed E-state index contributed by atoms with van der Waals surface area (Å²) in [6.07, 6.45) is 2.57. The van der Waals surface area contributed by atoms with E-state index in [4.69, 9.17) is 0 Å². The Morgan fingerprint density at radius 3 is 1.62 bits per heavy atom. The zero-order valence-electron chi connectivity index (χ0n) is 8.46. The lowest BCUT2D eigenvalue weighted by molar-refractivity contribution is 0.540. The predicted octanol–water partition coefficient (Wildman–Crippen LogP) is -1.11. The highest BCUT2D eigenvalue weighted by molar-refractivity contribution is 4.85. The topological polar surface area (TPSA) is 89.1 Å². The Morgan fingerprint density at radius 1 is 0.938 bits per heavy atom. The second kappa shape index (κ2) is 4.47. The van der Waals surface area contributed by atoms with Gasteiger partial charge in [-0.15, -0.1) is 13.2 Å². The number of hydrogen-bond donors (Lipinski definition) is 0. The van der Waals surface area contributed by atoms with Gasteiger partial charge in [0.15, 0.2) is 0 Å². The van der Waals surface area contributed by atoms with Crippen LogP contribution in [0.4, 0.5) is 0 Å². The Morgan fingerprint density at radius 2 is 1.31 bits per heavy atom. The van der Waals surface area contributed by atoms with Crippen molar-refractivity contribution in [3.05, 3.63) is 62.0 Å². The highest BCUT2D eigenvalue weighted by Crippen LogP contribution is 1.76. The highest BCUT2D eigenvalue weighted by atomic mass is 16.5. The first-order chi connectivity index (χ1) is 7.54. The molecule has 0 aromatic carbocycles. The van der Waals surface area contributed by atoms with E-state index in [9.17, 15) is 19.6 Å². The van der Waals surface area contributed by atoms with Gasteiger partial charge in [0.25, 0.3) is 0 Å². The fourth-order valence-corrected chi connectivity index (χ4v) is 1.18. The first-order valence-corrected chi connectivity index (χ1v) is 4.40. The lowest BCUT2D eigenvalue weighted by Crippen LogP contribution is -2.53. The number of hydrogen-bond acceptors (Lipinski definition) is 4. The highest BCUT2D eigenvalue weighted by Gasteiger charge is 2.08. The lowest BCUT2D eigenvalue weighted by atomic mass is 10.6. The molecule has 7 nitrogen and oxygen atoms in total. The monoisotopic (exact) mass is 224 g/mol. The minimum atomic E-state index is -1.20. The van der Waals surface area contributed by atoms with Gasteiger partial charge in [-0.1, -0.05) is 12.2 Å². The van der Waals surface area contributed by atoms with Gasteiger partial charge in [0.2, 0.25) is 0 Å². The van der Waals surface area contributed by atoms with Crippen LogP contribution in [-0.4, -0.2) is 13.9 Å². The summed E-state index contributed by atoms with van der Waals surface area (Å²) in [6.45, 7) is 6.44. The minimum Gasteiger partial charge on any atom is -0.799 e. The zero-order valence-corrected chi connectivity index (χ0v) is 8.46. The molecule has 0 saturated heterocycles. The second-order valence-electron chi connectivity index (χ2n) is 2.94. The van der Waals surface area contributed by atoms with Crippen LogP contribution in [0, 0.1) is 5.21 Å². The molecule has 0 aliphatic heterocycles. The zero-order chi connectivity index (χ0) is 12.3. The van der Waals surface area contributed by atoms with Gasteiger partial charge in [-0.3, -0.25) is 4.73 Å². The van der Waals surface area contributed by atoms with E-state index in [-0.39, 0.29) is 17.8 Å². The van der Waals surface area contributed by atoms with Gasteiger partial charge < -0.3 is 5.21 Å².